The zero-order valence-electron chi connectivity index (χ0n) is 22.7. The van der Waals surface area contributed by atoms with Crippen LogP contribution < -0.4 is 0 Å². The summed E-state index contributed by atoms with van der Waals surface area (Å²) in [4.78, 5) is 17.7. The lowest BCUT2D eigenvalue weighted by Crippen LogP contribution is -1.95. The van der Waals surface area contributed by atoms with Gasteiger partial charge in [0.2, 0.25) is 0 Å². The summed E-state index contributed by atoms with van der Waals surface area (Å²) in [5.41, 5.74) is 7.52. The molecule has 0 aliphatic heterocycles. The van der Waals surface area contributed by atoms with E-state index >= 15 is 0 Å². The standard InChI is InChI=1S/C37H21N5S/c1-2-7-21(8-3-1)36-39-20-22-17-23(12-15-30(22)40-36)42-31-11-5-4-9-24(31)28-18-29-26-14-13-25-27-10-6-16-38-37(27)41-34(25)35(26)43-33(29)19-32(28)42/h1-20H,(H,38,41). The van der Waals surface area contributed by atoms with E-state index in [0.717, 1.165) is 44.5 Å². The number of nitrogens with zero attached hydrogens (tertiary/aromatic N) is 4. The summed E-state index contributed by atoms with van der Waals surface area (Å²) in [5.74, 6) is 0.740. The maximum Gasteiger partial charge on any atom is 0.159 e. The van der Waals surface area contributed by atoms with Crippen molar-refractivity contribution in [1.82, 2.24) is 24.5 Å². The summed E-state index contributed by atoms with van der Waals surface area (Å²) < 4.78 is 4.91. The Morgan fingerprint density at radius 2 is 1.49 bits per heavy atom. The summed E-state index contributed by atoms with van der Waals surface area (Å²) >= 11 is 1.84. The highest BCUT2D eigenvalue weighted by molar-refractivity contribution is 7.26. The van der Waals surface area contributed by atoms with Crippen LogP contribution in [0.1, 0.15) is 0 Å². The third-order valence-corrected chi connectivity index (χ3v) is 9.81. The van der Waals surface area contributed by atoms with E-state index in [-0.39, 0.29) is 0 Å². The molecule has 0 amide bonds. The monoisotopic (exact) mass is 567 g/mol. The SMILES string of the molecule is c1ccc(-c2ncc3cc(-n4c5ccccc5c5cc6c(cc54)sc4c6ccc5c6cccnc6[nH]c54)ccc3n2)cc1. The molecule has 200 valence electrons. The van der Waals surface area contributed by atoms with E-state index in [9.17, 15) is 0 Å². The maximum absolute atomic E-state index is 4.87. The second kappa shape index (κ2) is 8.47. The average Bonchev–Trinajstić information content (AvgIpc) is 3.73. The fraction of sp³-hybridized carbons (Fsp3) is 0. The smallest absolute Gasteiger partial charge is 0.159 e. The van der Waals surface area contributed by atoms with Crippen molar-refractivity contribution in [1.29, 1.82) is 0 Å². The van der Waals surface area contributed by atoms with Gasteiger partial charge in [-0.1, -0.05) is 60.7 Å². The Hall–Kier alpha value is -5.59. The first-order valence-electron chi connectivity index (χ1n) is 14.3. The molecule has 5 nitrogen and oxygen atoms in total. The van der Waals surface area contributed by atoms with Gasteiger partial charge in [0.1, 0.15) is 5.65 Å². The molecule has 0 saturated heterocycles. The van der Waals surface area contributed by atoms with Crippen LogP contribution in [0.4, 0.5) is 0 Å². The van der Waals surface area contributed by atoms with Gasteiger partial charge in [0.05, 0.1) is 26.8 Å². The van der Waals surface area contributed by atoms with E-state index in [1.54, 1.807) is 0 Å². The minimum atomic E-state index is 0.740. The van der Waals surface area contributed by atoms with Crippen LogP contribution in [0.5, 0.6) is 0 Å². The van der Waals surface area contributed by atoms with E-state index in [4.69, 9.17) is 9.97 Å². The Bertz CT molecular complexity index is 2730. The van der Waals surface area contributed by atoms with Crippen molar-refractivity contribution < 1.29 is 0 Å². The van der Waals surface area contributed by atoms with Crippen molar-refractivity contribution >= 4 is 86.2 Å². The summed E-state index contributed by atoms with van der Waals surface area (Å²) in [7, 11) is 0. The molecule has 5 aromatic carbocycles. The number of aromatic nitrogens is 5. The second-order valence-corrected chi connectivity index (χ2v) is 12.1. The van der Waals surface area contributed by atoms with Crippen LogP contribution >= 0.6 is 11.3 Å². The zero-order valence-corrected chi connectivity index (χ0v) is 23.6. The molecule has 0 saturated carbocycles. The Morgan fingerprint density at radius 1 is 0.628 bits per heavy atom. The molecule has 0 radical (unpaired) electrons. The number of rotatable bonds is 2. The molecule has 6 heteroatoms. The third kappa shape index (κ3) is 3.24. The predicted octanol–water partition coefficient (Wildman–Crippen LogP) is 9.79. The summed E-state index contributed by atoms with van der Waals surface area (Å²) in [6.07, 6.45) is 3.78. The number of nitrogens with one attached hydrogen (secondary N) is 1. The van der Waals surface area contributed by atoms with Crippen LogP contribution in [0, 0.1) is 0 Å². The molecule has 0 unspecified atom stereocenters. The first-order valence-corrected chi connectivity index (χ1v) is 15.1. The number of aromatic amines is 1. The number of fused-ring (bicyclic) bond motifs is 11. The highest BCUT2D eigenvalue weighted by atomic mass is 32.1. The number of thiophene rings is 1. The topological polar surface area (TPSA) is 59.4 Å². The van der Waals surface area contributed by atoms with Crippen molar-refractivity contribution in [3.63, 3.8) is 0 Å². The van der Waals surface area contributed by atoms with Gasteiger partial charge in [-0.05, 0) is 48.5 Å². The first kappa shape index (κ1) is 23.0. The molecule has 0 fully saturated rings. The minimum Gasteiger partial charge on any atom is -0.338 e. The van der Waals surface area contributed by atoms with E-state index < -0.39 is 0 Å². The molecular weight excluding hydrogens is 547 g/mol. The lowest BCUT2D eigenvalue weighted by Gasteiger charge is -2.10. The first-order chi connectivity index (χ1) is 21.3. The molecule has 10 rings (SSSR count). The molecule has 5 aromatic heterocycles. The molecule has 0 aliphatic rings. The van der Waals surface area contributed by atoms with Crippen molar-refractivity contribution in [3.05, 3.63) is 122 Å². The highest BCUT2D eigenvalue weighted by Crippen LogP contribution is 2.43. The average molecular weight is 568 g/mol. The van der Waals surface area contributed by atoms with E-state index in [1.165, 1.54) is 47.4 Å². The number of H-pyrrole nitrogens is 1. The summed E-state index contributed by atoms with van der Waals surface area (Å²) in [6.45, 7) is 0. The number of hydrogen-bond acceptors (Lipinski definition) is 4. The molecule has 10 aromatic rings. The molecule has 0 aliphatic carbocycles. The normalized spacial score (nSPS) is 12.2. The van der Waals surface area contributed by atoms with Crippen LogP contribution in [-0.2, 0) is 0 Å². The predicted molar refractivity (Wildman–Crippen MR) is 179 cm³/mol. The Labute approximate surface area is 248 Å². The fourth-order valence-corrected chi connectivity index (χ4v) is 7.88. The van der Waals surface area contributed by atoms with Crippen molar-refractivity contribution in [2.45, 2.75) is 0 Å². The summed E-state index contributed by atoms with van der Waals surface area (Å²) in [5, 5.41) is 8.44. The van der Waals surface area contributed by atoms with Crippen LogP contribution in [0.2, 0.25) is 0 Å². The van der Waals surface area contributed by atoms with E-state index in [2.05, 4.69) is 87.3 Å². The molecular formula is C37H21N5S. The van der Waals surface area contributed by atoms with Gasteiger partial charge in [-0.3, -0.25) is 0 Å². The van der Waals surface area contributed by atoms with E-state index in [1.807, 2.05) is 60.1 Å². The fourth-order valence-electron chi connectivity index (χ4n) is 6.66. The highest BCUT2D eigenvalue weighted by Gasteiger charge is 2.18. The number of pyridine rings is 1. The third-order valence-electron chi connectivity index (χ3n) is 8.63. The number of hydrogen-bond donors (Lipinski definition) is 1. The number of para-hydroxylation sites is 1. The van der Waals surface area contributed by atoms with Gasteiger partial charge >= 0.3 is 0 Å². The minimum absolute atomic E-state index is 0.740. The second-order valence-electron chi connectivity index (χ2n) is 11.0. The van der Waals surface area contributed by atoms with Crippen molar-refractivity contribution in [2.75, 3.05) is 0 Å². The molecule has 0 atom stereocenters. The van der Waals surface area contributed by atoms with Crippen LogP contribution in [0.3, 0.4) is 0 Å². The maximum atomic E-state index is 4.87. The van der Waals surface area contributed by atoms with Gasteiger partial charge in [-0.25, -0.2) is 15.0 Å². The van der Waals surface area contributed by atoms with Gasteiger partial charge in [-0.15, -0.1) is 11.3 Å². The quantitative estimate of drug-likeness (QED) is 0.226. The summed E-state index contributed by atoms with van der Waals surface area (Å²) in [6, 6.07) is 38.7. The Morgan fingerprint density at radius 3 is 2.44 bits per heavy atom. The van der Waals surface area contributed by atoms with Gasteiger partial charge in [0.25, 0.3) is 0 Å². The van der Waals surface area contributed by atoms with Crippen LogP contribution in [-0.4, -0.2) is 24.5 Å². The number of benzene rings is 5. The molecule has 0 bridgehead atoms. The zero-order chi connectivity index (χ0) is 28.1. The van der Waals surface area contributed by atoms with Crippen LogP contribution in [0.25, 0.3) is 91.9 Å². The van der Waals surface area contributed by atoms with E-state index in [0.29, 0.717) is 0 Å². The largest absolute Gasteiger partial charge is 0.338 e. The Balaban J connectivity index is 1.22. The van der Waals surface area contributed by atoms with Gasteiger partial charge in [0, 0.05) is 66.0 Å². The van der Waals surface area contributed by atoms with Gasteiger partial charge < -0.3 is 9.55 Å². The molecule has 5 heterocycles. The molecule has 43 heavy (non-hydrogen) atoms. The lowest BCUT2D eigenvalue weighted by atomic mass is 10.1. The lowest BCUT2D eigenvalue weighted by molar-refractivity contribution is 1.18. The Kier molecular flexibility index (Phi) is 4.54. The van der Waals surface area contributed by atoms with Crippen LogP contribution in [0.15, 0.2) is 122 Å². The van der Waals surface area contributed by atoms with Gasteiger partial charge in [-0.2, -0.15) is 0 Å². The molecule has 1 N–H and O–H groups in total. The molecule has 0 spiro atoms. The van der Waals surface area contributed by atoms with Crippen molar-refractivity contribution in [2.24, 2.45) is 0 Å². The van der Waals surface area contributed by atoms with Gasteiger partial charge in [0.15, 0.2) is 5.82 Å². The van der Waals surface area contributed by atoms with Crippen molar-refractivity contribution in [3.8, 4) is 17.1 Å².